The topological polar surface area (TPSA) is 66.4 Å². The lowest BCUT2D eigenvalue weighted by Gasteiger charge is -2.30. The number of aliphatic carboxylic acids is 1. The van der Waals surface area contributed by atoms with Crippen molar-refractivity contribution in [2.24, 2.45) is 0 Å². The molecule has 0 aromatic heterocycles. The molecule has 88 valence electrons. The van der Waals surface area contributed by atoms with Crippen molar-refractivity contribution in [2.75, 3.05) is 6.54 Å². The van der Waals surface area contributed by atoms with Crippen LogP contribution in [-0.4, -0.2) is 28.9 Å². The third-order valence-electron chi connectivity index (χ3n) is 2.60. The second kappa shape index (κ2) is 6.56. The van der Waals surface area contributed by atoms with Gasteiger partial charge in [0.15, 0.2) is 0 Å². The molecule has 15 heavy (non-hydrogen) atoms. The summed E-state index contributed by atoms with van der Waals surface area (Å²) in [4.78, 5) is 22.3. The third-order valence-corrected chi connectivity index (χ3v) is 2.60. The SMILES string of the molecule is CCCCC(CC(=O)O)(NCC)C(C)=O. The van der Waals surface area contributed by atoms with E-state index >= 15 is 0 Å². The first-order valence-corrected chi connectivity index (χ1v) is 5.46. The van der Waals surface area contributed by atoms with E-state index in [2.05, 4.69) is 5.32 Å². The number of hydrogen-bond donors (Lipinski definition) is 2. The first-order valence-electron chi connectivity index (χ1n) is 5.46. The van der Waals surface area contributed by atoms with Crippen molar-refractivity contribution < 1.29 is 14.7 Å². The molecule has 0 aliphatic heterocycles. The van der Waals surface area contributed by atoms with E-state index in [1.807, 2.05) is 13.8 Å². The quantitative estimate of drug-likeness (QED) is 0.645. The van der Waals surface area contributed by atoms with E-state index in [1.165, 1.54) is 6.92 Å². The third kappa shape index (κ3) is 4.42. The molecule has 0 saturated heterocycles. The molecule has 0 aromatic rings. The lowest BCUT2D eigenvalue weighted by molar-refractivity contribution is -0.142. The highest BCUT2D eigenvalue weighted by atomic mass is 16.4. The Labute approximate surface area is 91.1 Å². The molecule has 0 spiro atoms. The fraction of sp³-hybridized carbons (Fsp3) is 0.818. The second-order valence-electron chi connectivity index (χ2n) is 3.84. The van der Waals surface area contributed by atoms with Crippen LogP contribution in [0, 0.1) is 0 Å². The molecular weight excluding hydrogens is 194 g/mol. The maximum absolute atomic E-state index is 11.6. The molecule has 0 amide bonds. The summed E-state index contributed by atoms with van der Waals surface area (Å²) in [7, 11) is 0. The molecule has 1 atom stereocenters. The lowest BCUT2D eigenvalue weighted by atomic mass is 9.85. The molecule has 0 aliphatic rings. The van der Waals surface area contributed by atoms with Crippen molar-refractivity contribution in [3.05, 3.63) is 0 Å². The van der Waals surface area contributed by atoms with Gasteiger partial charge in [-0.15, -0.1) is 0 Å². The Kier molecular flexibility index (Phi) is 6.17. The van der Waals surface area contributed by atoms with Crippen LogP contribution < -0.4 is 5.32 Å². The van der Waals surface area contributed by atoms with Gasteiger partial charge in [0.1, 0.15) is 5.78 Å². The van der Waals surface area contributed by atoms with Crippen molar-refractivity contribution in [1.29, 1.82) is 0 Å². The van der Waals surface area contributed by atoms with Crippen molar-refractivity contribution in [1.82, 2.24) is 5.32 Å². The Balaban J connectivity index is 4.71. The molecule has 4 nitrogen and oxygen atoms in total. The van der Waals surface area contributed by atoms with Gasteiger partial charge in [-0.25, -0.2) is 0 Å². The number of hydrogen-bond acceptors (Lipinski definition) is 3. The molecule has 0 aromatic carbocycles. The zero-order valence-corrected chi connectivity index (χ0v) is 9.80. The molecule has 4 heteroatoms. The van der Waals surface area contributed by atoms with Gasteiger partial charge < -0.3 is 10.4 Å². The molecule has 2 N–H and O–H groups in total. The first-order chi connectivity index (χ1) is 6.98. The van der Waals surface area contributed by atoms with Gasteiger partial charge in [-0.2, -0.15) is 0 Å². The predicted octanol–water partition coefficient (Wildman–Crippen LogP) is 1.59. The van der Waals surface area contributed by atoms with Crippen molar-refractivity contribution >= 4 is 11.8 Å². The van der Waals surface area contributed by atoms with E-state index in [9.17, 15) is 9.59 Å². The van der Waals surface area contributed by atoms with Crippen LogP contribution in [0.25, 0.3) is 0 Å². The first kappa shape index (κ1) is 14.1. The highest BCUT2D eigenvalue weighted by Gasteiger charge is 2.35. The van der Waals surface area contributed by atoms with Gasteiger partial charge in [0, 0.05) is 0 Å². The lowest BCUT2D eigenvalue weighted by Crippen LogP contribution is -2.52. The number of rotatable bonds is 8. The Bertz CT molecular complexity index is 228. The van der Waals surface area contributed by atoms with Crippen LogP contribution in [0.3, 0.4) is 0 Å². The molecule has 0 aliphatic carbocycles. The Hall–Kier alpha value is -0.900. The summed E-state index contributed by atoms with van der Waals surface area (Å²) < 4.78 is 0. The number of ketones is 1. The van der Waals surface area contributed by atoms with Gasteiger partial charge in [-0.3, -0.25) is 9.59 Å². The average Bonchev–Trinajstić information content (AvgIpc) is 2.13. The van der Waals surface area contributed by atoms with E-state index in [0.29, 0.717) is 13.0 Å². The largest absolute Gasteiger partial charge is 0.481 e. The number of Topliss-reactive ketones (excluding diaryl/α,β-unsaturated/α-hetero) is 1. The number of carboxylic acids is 1. The van der Waals surface area contributed by atoms with Crippen LogP contribution in [0.5, 0.6) is 0 Å². The van der Waals surface area contributed by atoms with Gasteiger partial charge in [-0.1, -0.05) is 26.7 Å². The highest BCUT2D eigenvalue weighted by molar-refractivity contribution is 5.90. The number of unbranched alkanes of at least 4 members (excludes halogenated alkanes) is 1. The average molecular weight is 215 g/mol. The number of carbonyl (C=O) groups excluding carboxylic acids is 1. The Morgan fingerprint density at radius 3 is 2.27 bits per heavy atom. The molecule has 0 heterocycles. The standard InChI is InChI=1S/C11H21NO3/c1-4-6-7-11(9(3)13,12-5-2)8-10(14)15/h12H,4-8H2,1-3H3,(H,14,15). The molecule has 0 bridgehead atoms. The molecule has 0 saturated carbocycles. The monoisotopic (exact) mass is 215 g/mol. The summed E-state index contributed by atoms with van der Waals surface area (Å²) >= 11 is 0. The summed E-state index contributed by atoms with van der Waals surface area (Å²) in [6.45, 7) is 5.97. The molecule has 0 fully saturated rings. The second-order valence-corrected chi connectivity index (χ2v) is 3.84. The normalized spacial score (nSPS) is 14.6. The van der Waals surface area contributed by atoms with Gasteiger partial charge in [0.05, 0.1) is 12.0 Å². The van der Waals surface area contributed by atoms with Crippen LogP contribution in [0.2, 0.25) is 0 Å². The summed E-state index contributed by atoms with van der Waals surface area (Å²) in [5, 5.41) is 11.9. The van der Waals surface area contributed by atoms with Crippen LogP contribution in [0.1, 0.15) is 46.5 Å². The smallest absolute Gasteiger partial charge is 0.305 e. The zero-order valence-electron chi connectivity index (χ0n) is 9.80. The van der Waals surface area contributed by atoms with Crippen molar-refractivity contribution in [3.8, 4) is 0 Å². The van der Waals surface area contributed by atoms with Crippen LogP contribution in [0.4, 0.5) is 0 Å². The number of nitrogens with one attached hydrogen (secondary N) is 1. The minimum Gasteiger partial charge on any atom is -0.481 e. The fourth-order valence-corrected chi connectivity index (χ4v) is 1.74. The molecule has 0 radical (unpaired) electrons. The van der Waals surface area contributed by atoms with E-state index in [1.54, 1.807) is 0 Å². The fourth-order valence-electron chi connectivity index (χ4n) is 1.74. The Morgan fingerprint density at radius 2 is 1.93 bits per heavy atom. The maximum atomic E-state index is 11.6. The van der Waals surface area contributed by atoms with E-state index in [0.717, 1.165) is 12.8 Å². The van der Waals surface area contributed by atoms with Gasteiger partial charge in [0.25, 0.3) is 0 Å². The summed E-state index contributed by atoms with van der Waals surface area (Å²) in [6.07, 6.45) is 2.29. The molecule has 0 rings (SSSR count). The number of likely N-dealkylation sites (N-methyl/N-ethyl adjacent to an activating group) is 1. The van der Waals surface area contributed by atoms with E-state index < -0.39 is 11.5 Å². The van der Waals surface area contributed by atoms with Gasteiger partial charge >= 0.3 is 5.97 Å². The van der Waals surface area contributed by atoms with Crippen LogP contribution in [0.15, 0.2) is 0 Å². The Morgan fingerprint density at radius 1 is 1.33 bits per heavy atom. The summed E-state index contributed by atoms with van der Waals surface area (Å²) in [5.74, 6) is -1.01. The number of carbonyl (C=O) groups is 2. The highest BCUT2D eigenvalue weighted by Crippen LogP contribution is 2.20. The van der Waals surface area contributed by atoms with Crippen molar-refractivity contribution in [2.45, 2.75) is 52.0 Å². The van der Waals surface area contributed by atoms with Crippen LogP contribution >= 0.6 is 0 Å². The minimum absolute atomic E-state index is 0.0831. The predicted molar refractivity (Wildman–Crippen MR) is 58.9 cm³/mol. The number of carboxylic acid groups (broad SMARTS) is 1. The summed E-state index contributed by atoms with van der Waals surface area (Å²) in [5.41, 5.74) is -0.864. The van der Waals surface area contributed by atoms with Gasteiger partial charge in [-0.05, 0) is 19.9 Å². The minimum atomic E-state index is -0.928. The molecular formula is C11H21NO3. The van der Waals surface area contributed by atoms with Gasteiger partial charge in [0.2, 0.25) is 0 Å². The summed E-state index contributed by atoms with van der Waals surface area (Å²) in [6, 6.07) is 0. The van der Waals surface area contributed by atoms with Crippen molar-refractivity contribution in [3.63, 3.8) is 0 Å². The van der Waals surface area contributed by atoms with E-state index in [-0.39, 0.29) is 12.2 Å². The van der Waals surface area contributed by atoms with Crippen LogP contribution in [-0.2, 0) is 9.59 Å². The maximum Gasteiger partial charge on any atom is 0.305 e. The zero-order chi connectivity index (χ0) is 11.9. The molecule has 1 unspecified atom stereocenters. The van der Waals surface area contributed by atoms with E-state index in [4.69, 9.17) is 5.11 Å².